The van der Waals surface area contributed by atoms with E-state index in [2.05, 4.69) is 23.5 Å². The lowest BCUT2D eigenvalue weighted by Gasteiger charge is -2.30. The minimum atomic E-state index is 0.461. The predicted molar refractivity (Wildman–Crippen MR) is 73.2 cm³/mol. The predicted octanol–water partition coefficient (Wildman–Crippen LogP) is 3.47. The number of rotatable bonds is 4. The lowest BCUT2D eigenvalue weighted by atomic mass is 9.94. The van der Waals surface area contributed by atoms with Crippen molar-refractivity contribution >= 4 is 23.1 Å². The summed E-state index contributed by atoms with van der Waals surface area (Å²) in [6.07, 6.45) is 9.61. The highest BCUT2D eigenvalue weighted by Gasteiger charge is 2.21. The second-order valence-corrected chi connectivity index (χ2v) is 6.56. The van der Waals surface area contributed by atoms with Crippen molar-refractivity contribution in [1.82, 2.24) is 10.3 Å². The highest BCUT2D eigenvalue weighted by atomic mass is 32.2. The molecule has 2 nitrogen and oxygen atoms in total. The summed E-state index contributed by atoms with van der Waals surface area (Å²) in [5.41, 5.74) is 1.91. The Balaban J connectivity index is 1.78. The Morgan fingerprint density at radius 1 is 1.44 bits per heavy atom. The van der Waals surface area contributed by atoms with Crippen LogP contribution in [0.25, 0.3) is 0 Å². The van der Waals surface area contributed by atoms with E-state index in [1.54, 1.807) is 11.3 Å². The van der Waals surface area contributed by atoms with Crippen LogP contribution in [0.1, 0.15) is 43.5 Å². The van der Waals surface area contributed by atoms with E-state index in [9.17, 15) is 0 Å². The molecule has 1 heterocycles. The molecule has 0 aromatic carbocycles. The van der Waals surface area contributed by atoms with Gasteiger partial charge >= 0.3 is 0 Å². The molecule has 0 radical (unpaired) electrons. The van der Waals surface area contributed by atoms with Crippen LogP contribution >= 0.6 is 23.1 Å². The first-order valence-electron chi connectivity index (χ1n) is 5.97. The molecule has 1 aliphatic carbocycles. The number of hydrogen-bond acceptors (Lipinski definition) is 4. The topological polar surface area (TPSA) is 24.9 Å². The van der Waals surface area contributed by atoms with Crippen LogP contribution in [0, 0.1) is 0 Å². The van der Waals surface area contributed by atoms with Crippen molar-refractivity contribution in [2.45, 2.75) is 49.9 Å². The summed E-state index contributed by atoms with van der Waals surface area (Å²) < 4.78 is 0. The van der Waals surface area contributed by atoms with Gasteiger partial charge in [0.2, 0.25) is 0 Å². The summed E-state index contributed by atoms with van der Waals surface area (Å²) in [7, 11) is 0. The van der Waals surface area contributed by atoms with Gasteiger partial charge in [-0.3, -0.25) is 4.98 Å². The maximum atomic E-state index is 4.14. The smallest absolute Gasteiger partial charge is 0.0794 e. The fraction of sp³-hybridized carbons (Fsp3) is 0.750. The second-order valence-electron chi connectivity index (χ2n) is 4.50. The molecule has 1 aromatic heterocycles. The second kappa shape index (κ2) is 6.03. The summed E-state index contributed by atoms with van der Waals surface area (Å²) in [6, 6.07) is 1.17. The number of nitrogens with zero attached hydrogens (tertiary/aromatic N) is 1. The first-order valence-corrected chi connectivity index (χ1v) is 8.13. The SMILES string of the molecule is CSC1CCC(NC(C)c2cncs2)CC1. The maximum absolute atomic E-state index is 4.14. The molecule has 0 amide bonds. The van der Waals surface area contributed by atoms with E-state index in [0.29, 0.717) is 12.1 Å². The van der Waals surface area contributed by atoms with Gasteiger partial charge in [0.25, 0.3) is 0 Å². The van der Waals surface area contributed by atoms with E-state index in [1.165, 1.54) is 30.6 Å². The lowest BCUT2D eigenvalue weighted by Crippen LogP contribution is -2.35. The van der Waals surface area contributed by atoms with Gasteiger partial charge in [-0.15, -0.1) is 11.3 Å². The highest BCUT2D eigenvalue weighted by Crippen LogP contribution is 2.28. The van der Waals surface area contributed by atoms with Gasteiger partial charge in [-0.1, -0.05) is 0 Å². The van der Waals surface area contributed by atoms with Gasteiger partial charge in [-0.2, -0.15) is 11.8 Å². The number of hydrogen-bond donors (Lipinski definition) is 1. The minimum absolute atomic E-state index is 0.461. The summed E-state index contributed by atoms with van der Waals surface area (Å²) in [5, 5.41) is 4.63. The summed E-state index contributed by atoms with van der Waals surface area (Å²) in [6.45, 7) is 2.24. The first-order chi connectivity index (χ1) is 7.79. The van der Waals surface area contributed by atoms with Crippen LogP contribution in [0.5, 0.6) is 0 Å². The van der Waals surface area contributed by atoms with Crippen LogP contribution in [0.3, 0.4) is 0 Å². The van der Waals surface area contributed by atoms with Crippen LogP contribution in [0.4, 0.5) is 0 Å². The van der Waals surface area contributed by atoms with E-state index < -0.39 is 0 Å². The average Bonchev–Trinajstić information content (AvgIpc) is 2.83. The molecule has 0 spiro atoms. The molecule has 1 aliphatic rings. The van der Waals surface area contributed by atoms with Crippen LogP contribution < -0.4 is 5.32 Å². The Bertz CT molecular complexity index is 292. The number of aromatic nitrogens is 1. The van der Waals surface area contributed by atoms with Gasteiger partial charge in [0.05, 0.1) is 5.51 Å². The summed E-state index contributed by atoms with van der Waals surface area (Å²) in [5.74, 6) is 0. The Labute approximate surface area is 106 Å². The van der Waals surface area contributed by atoms with Crippen molar-refractivity contribution in [3.8, 4) is 0 Å². The van der Waals surface area contributed by atoms with E-state index in [4.69, 9.17) is 0 Å². The fourth-order valence-corrected chi connectivity index (χ4v) is 3.72. The molecular weight excluding hydrogens is 236 g/mol. The van der Waals surface area contributed by atoms with E-state index in [1.807, 2.05) is 23.5 Å². The Hall–Kier alpha value is -0.0600. The van der Waals surface area contributed by atoms with E-state index in [-0.39, 0.29) is 0 Å². The molecule has 1 saturated carbocycles. The van der Waals surface area contributed by atoms with Crippen molar-refractivity contribution in [2.24, 2.45) is 0 Å². The molecule has 1 aromatic rings. The molecular formula is C12H20N2S2. The first kappa shape index (κ1) is 12.4. The molecule has 0 bridgehead atoms. The maximum Gasteiger partial charge on any atom is 0.0794 e. The third-order valence-electron chi connectivity index (χ3n) is 3.37. The number of nitrogens with one attached hydrogen (secondary N) is 1. The van der Waals surface area contributed by atoms with E-state index in [0.717, 1.165) is 5.25 Å². The Morgan fingerprint density at radius 3 is 2.75 bits per heavy atom. The minimum Gasteiger partial charge on any atom is -0.307 e. The molecule has 16 heavy (non-hydrogen) atoms. The van der Waals surface area contributed by atoms with Crippen molar-refractivity contribution in [3.05, 3.63) is 16.6 Å². The fourth-order valence-electron chi connectivity index (χ4n) is 2.34. The summed E-state index contributed by atoms with van der Waals surface area (Å²) >= 11 is 3.78. The van der Waals surface area contributed by atoms with Gasteiger partial charge in [0.1, 0.15) is 0 Å². The third kappa shape index (κ3) is 3.22. The van der Waals surface area contributed by atoms with Crippen LogP contribution in [-0.4, -0.2) is 22.5 Å². The molecule has 1 atom stereocenters. The standard InChI is InChI=1S/C12H20N2S2/c1-9(12-7-13-8-16-12)14-10-3-5-11(15-2)6-4-10/h7-11,14H,3-6H2,1-2H3. The molecule has 2 rings (SSSR count). The molecule has 1 unspecified atom stereocenters. The quantitative estimate of drug-likeness (QED) is 0.893. The molecule has 4 heteroatoms. The molecule has 0 saturated heterocycles. The zero-order valence-electron chi connectivity index (χ0n) is 9.98. The van der Waals surface area contributed by atoms with Gasteiger partial charge in [0, 0.05) is 28.4 Å². The van der Waals surface area contributed by atoms with Gasteiger partial charge in [-0.05, 0) is 38.9 Å². The third-order valence-corrected chi connectivity index (χ3v) is 5.47. The average molecular weight is 256 g/mol. The summed E-state index contributed by atoms with van der Waals surface area (Å²) in [4.78, 5) is 5.49. The number of thioether (sulfide) groups is 1. The zero-order chi connectivity index (χ0) is 11.4. The van der Waals surface area contributed by atoms with Gasteiger partial charge in [0.15, 0.2) is 0 Å². The normalized spacial score (nSPS) is 27.9. The van der Waals surface area contributed by atoms with E-state index >= 15 is 0 Å². The van der Waals surface area contributed by atoms with Gasteiger partial charge < -0.3 is 5.32 Å². The van der Waals surface area contributed by atoms with Crippen molar-refractivity contribution < 1.29 is 0 Å². The van der Waals surface area contributed by atoms with Crippen LogP contribution in [0.15, 0.2) is 11.7 Å². The van der Waals surface area contributed by atoms with Gasteiger partial charge in [-0.25, -0.2) is 0 Å². The lowest BCUT2D eigenvalue weighted by molar-refractivity contribution is 0.354. The molecule has 1 N–H and O–H groups in total. The Morgan fingerprint density at radius 2 is 2.19 bits per heavy atom. The number of thiazole rings is 1. The molecule has 90 valence electrons. The monoisotopic (exact) mass is 256 g/mol. The molecule has 1 fully saturated rings. The van der Waals surface area contributed by atoms with Crippen molar-refractivity contribution in [1.29, 1.82) is 0 Å². The molecule has 0 aliphatic heterocycles. The van der Waals surface area contributed by atoms with Crippen molar-refractivity contribution in [2.75, 3.05) is 6.26 Å². The Kier molecular flexibility index (Phi) is 4.67. The zero-order valence-corrected chi connectivity index (χ0v) is 11.6. The van der Waals surface area contributed by atoms with Crippen LogP contribution in [0.2, 0.25) is 0 Å². The largest absolute Gasteiger partial charge is 0.307 e. The van der Waals surface area contributed by atoms with Crippen molar-refractivity contribution in [3.63, 3.8) is 0 Å². The highest BCUT2D eigenvalue weighted by molar-refractivity contribution is 7.99. The van der Waals surface area contributed by atoms with Crippen LogP contribution in [-0.2, 0) is 0 Å².